The SMILES string of the molecule is Cc1ccc(C(=NNC(=O)c2ccccc2Oc2ccccc2)c2ccccn2)o1. The zero-order valence-electron chi connectivity index (χ0n) is 16.3. The van der Waals surface area contributed by atoms with E-state index in [0.29, 0.717) is 34.2 Å². The summed E-state index contributed by atoms with van der Waals surface area (Å²) in [5.74, 6) is 1.92. The van der Waals surface area contributed by atoms with Gasteiger partial charge in [-0.2, -0.15) is 5.10 Å². The summed E-state index contributed by atoms with van der Waals surface area (Å²) in [7, 11) is 0. The van der Waals surface area contributed by atoms with Crippen LogP contribution < -0.4 is 10.2 Å². The quantitative estimate of drug-likeness (QED) is 0.369. The van der Waals surface area contributed by atoms with Gasteiger partial charge in [-0.3, -0.25) is 9.78 Å². The third kappa shape index (κ3) is 4.44. The van der Waals surface area contributed by atoms with E-state index in [4.69, 9.17) is 9.15 Å². The fraction of sp³-hybridized carbons (Fsp3) is 0.0417. The highest BCUT2D eigenvalue weighted by atomic mass is 16.5. The summed E-state index contributed by atoms with van der Waals surface area (Å²) in [6, 6.07) is 25.4. The van der Waals surface area contributed by atoms with Gasteiger partial charge in [0.2, 0.25) is 0 Å². The monoisotopic (exact) mass is 397 g/mol. The topological polar surface area (TPSA) is 76.7 Å². The Hall–Kier alpha value is -4.19. The van der Waals surface area contributed by atoms with E-state index in [1.165, 1.54) is 0 Å². The summed E-state index contributed by atoms with van der Waals surface area (Å²) in [6.45, 7) is 1.84. The van der Waals surface area contributed by atoms with Crippen molar-refractivity contribution in [1.82, 2.24) is 10.4 Å². The van der Waals surface area contributed by atoms with Crippen LogP contribution in [0, 0.1) is 6.92 Å². The van der Waals surface area contributed by atoms with Crippen LogP contribution in [0.4, 0.5) is 0 Å². The summed E-state index contributed by atoms with van der Waals surface area (Å²) in [4.78, 5) is 17.2. The van der Waals surface area contributed by atoms with Gasteiger partial charge in [0.15, 0.2) is 11.5 Å². The molecule has 4 aromatic rings. The van der Waals surface area contributed by atoms with Gasteiger partial charge < -0.3 is 9.15 Å². The fourth-order valence-electron chi connectivity index (χ4n) is 2.83. The molecular formula is C24H19N3O3. The van der Waals surface area contributed by atoms with Crippen LogP contribution in [-0.2, 0) is 0 Å². The number of nitrogens with zero attached hydrogens (tertiary/aromatic N) is 2. The molecule has 2 aromatic heterocycles. The van der Waals surface area contributed by atoms with Crippen LogP contribution in [0.5, 0.6) is 11.5 Å². The summed E-state index contributed by atoms with van der Waals surface area (Å²) in [5, 5.41) is 4.31. The second-order valence-electron chi connectivity index (χ2n) is 6.44. The molecule has 0 spiro atoms. The predicted octanol–water partition coefficient (Wildman–Crippen LogP) is 4.96. The number of para-hydroxylation sites is 2. The summed E-state index contributed by atoms with van der Waals surface area (Å²) < 4.78 is 11.6. The summed E-state index contributed by atoms with van der Waals surface area (Å²) >= 11 is 0. The van der Waals surface area contributed by atoms with Crippen LogP contribution >= 0.6 is 0 Å². The Labute approximate surface area is 173 Å². The Balaban J connectivity index is 1.62. The van der Waals surface area contributed by atoms with Gasteiger partial charge >= 0.3 is 0 Å². The number of hydrogen-bond acceptors (Lipinski definition) is 5. The molecule has 2 heterocycles. The molecule has 0 radical (unpaired) electrons. The average molecular weight is 397 g/mol. The van der Waals surface area contributed by atoms with E-state index in [-0.39, 0.29) is 0 Å². The van der Waals surface area contributed by atoms with Gasteiger partial charge in [-0.25, -0.2) is 5.43 Å². The lowest BCUT2D eigenvalue weighted by molar-refractivity contribution is 0.0952. The number of amides is 1. The molecule has 0 fully saturated rings. The normalized spacial score (nSPS) is 11.2. The Morgan fingerprint density at radius 3 is 2.43 bits per heavy atom. The van der Waals surface area contributed by atoms with Crippen molar-refractivity contribution in [3.8, 4) is 11.5 Å². The molecule has 0 bridgehead atoms. The first-order valence-corrected chi connectivity index (χ1v) is 9.39. The first-order chi connectivity index (χ1) is 14.7. The van der Waals surface area contributed by atoms with Gasteiger partial charge in [-0.15, -0.1) is 0 Å². The number of hydrazone groups is 1. The van der Waals surface area contributed by atoms with Crippen molar-refractivity contribution >= 4 is 11.6 Å². The fourth-order valence-corrected chi connectivity index (χ4v) is 2.83. The molecule has 0 saturated heterocycles. The van der Waals surface area contributed by atoms with Crippen molar-refractivity contribution in [3.05, 3.63) is 114 Å². The Morgan fingerprint density at radius 2 is 1.70 bits per heavy atom. The predicted molar refractivity (Wildman–Crippen MR) is 114 cm³/mol. The molecule has 1 amide bonds. The van der Waals surface area contributed by atoms with Crippen molar-refractivity contribution in [3.63, 3.8) is 0 Å². The molecular weight excluding hydrogens is 378 g/mol. The molecule has 6 nitrogen and oxygen atoms in total. The molecule has 0 atom stereocenters. The van der Waals surface area contributed by atoms with Crippen LogP contribution in [0.25, 0.3) is 0 Å². The van der Waals surface area contributed by atoms with Crippen molar-refractivity contribution in [1.29, 1.82) is 0 Å². The largest absolute Gasteiger partial charge is 0.460 e. The van der Waals surface area contributed by atoms with E-state index < -0.39 is 5.91 Å². The maximum atomic E-state index is 12.9. The number of hydrogen-bond donors (Lipinski definition) is 1. The molecule has 0 aliphatic heterocycles. The maximum absolute atomic E-state index is 12.9. The molecule has 0 saturated carbocycles. The highest BCUT2D eigenvalue weighted by molar-refractivity contribution is 6.10. The lowest BCUT2D eigenvalue weighted by Gasteiger charge is -2.10. The van der Waals surface area contributed by atoms with Crippen molar-refractivity contribution in [2.24, 2.45) is 5.10 Å². The molecule has 4 rings (SSSR count). The number of ether oxygens (including phenoxy) is 1. The van der Waals surface area contributed by atoms with E-state index >= 15 is 0 Å². The van der Waals surface area contributed by atoms with Crippen molar-refractivity contribution < 1.29 is 13.9 Å². The number of rotatable bonds is 6. The number of pyridine rings is 1. The Morgan fingerprint density at radius 1 is 0.933 bits per heavy atom. The molecule has 1 N–H and O–H groups in total. The zero-order chi connectivity index (χ0) is 20.8. The summed E-state index contributed by atoms with van der Waals surface area (Å²) in [6.07, 6.45) is 1.66. The van der Waals surface area contributed by atoms with Crippen molar-refractivity contribution in [2.75, 3.05) is 0 Å². The third-order valence-corrected chi connectivity index (χ3v) is 4.25. The van der Waals surface area contributed by atoms with Gasteiger partial charge in [-0.05, 0) is 55.5 Å². The third-order valence-electron chi connectivity index (χ3n) is 4.25. The minimum absolute atomic E-state index is 0.362. The minimum Gasteiger partial charge on any atom is -0.460 e. The molecule has 148 valence electrons. The number of aryl methyl sites for hydroxylation is 1. The minimum atomic E-state index is -0.404. The molecule has 6 heteroatoms. The van der Waals surface area contributed by atoms with Gasteiger partial charge in [-0.1, -0.05) is 36.4 Å². The molecule has 0 unspecified atom stereocenters. The Kier molecular flexibility index (Phi) is 5.66. The van der Waals surface area contributed by atoms with Crippen LogP contribution in [0.3, 0.4) is 0 Å². The van der Waals surface area contributed by atoms with Gasteiger partial charge in [0.1, 0.15) is 17.3 Å². The van der Waals surface area contributed by atoms with E-state index in [2.05, 4.69) is 15.5 Å². The maximum Gasteiger partial charge on any atom is 0.275 e. The molecule has 30 heavy (non-hydrogen) atoms. The lowest BCUT2D eigenvalue weighted by atomic mass is 10.2. The van der Waals surface area contributed by atoms with E-state index in [9.17, 15) is 4.79 Å². The van der Waals surface area contributed by atoms with Gasteiger partial charge in [0.25, 0.3) is 5.91 Å². The molecule has 2 aromatic carbocycles. The second kappa shape index (κ2) is 8.87. The molecule has 0 aliphatic rings. The van der Waals surface area contributed by atoms with Gasteiger partial charge in [0, 0.05) is 6.20 Å². The first kappa shape index (κ1) is 19.1. The second-order valence-corrected chi connectivity index (χ2v) is 6.44. The smallest absolute Gasteiger partial charge is 0.275 e. The lowest BCUT2D eigenvalue weighted by Crippen LogP contribution is -2.21. The van der Waals surface area contributed by atoms with E-state index in [1.807, 2.05) is 61.5 Å². The summed E-state index contributed by atoms with van der Waals surface area (Å²) in [5.41, 5.74) is 3.98. The number of nitrogens with one attached hydrogen (secondary N) is 1. The Bertz CT molecular complexity index is 1170. The standard InChI is InChI=1S/C24H19N3O3/c1-17-14-15-22(29-17)23(20-12-7-8-16-25-20)26-27-24(28)19-11-5-6-13-21(19)30-18-9-3-2-4-10-18/h2-16H,1H3,(H,27,28). The van der Waals surface area contributed by atoms with Gasteiger partial charge in [0.05, 0.1) is 11.3 Å². The van der Waals surface area contributed by atoms with E-state index in [0.717, 1.165) is 5.76 Å². The van der Waals surface area contributed by atoms with Crippen LogP contribution in [-0.4, -0.2) is 16.6 Å². The number of furan rings is 1. The van der Waals surface area contributed by atoms with E-state index in [1.54, 1.807) is 36.5 Å². The number of benzene rings is 2. The highest BCUT2D eigenvalue weighted by Crippen LogP contribution is 2.25. The van der Waals surface area contributed by atoms with Crippen LogP contribution in [0.2, 0.25) is 0 Å². The van der Waals surface area contributed by atoms with Crippen LogP contribution in [0.1, 0.15) is 27.6 Å². The number of carbonyl (C=O) groups excluding carboxylic acids is 1. The highest BCUT2D eigenvalue weighted by Gasteiger charge is 2.16. The molecule has 0 aliphatic carbocycles. The van der Waals surface area contributed by atoms with Crippen molar-refractivity contribution in [2.45, 2.75) is 6.92 Å². The zero-order valence-corrected chi connectivity index (χ0v) is 16.3. The number of carbonyl (C=O) groups is 1. The number of aromatic nitrogens is 1. The first-order valence-electron chi connectivity index (χ1n) is 9.39. The van der Waals surface area contributed by atoms with Crippen LogP contribution in [0.15, 0.2) is 101 Å². The average Bonchev–Trinajstić information content (AvgIpc) is 3.21.